The van der Waals surface area contributed by atoms with Crippen LogP contribution in [0, 0.1) is 21.4 Å². The summed E-state index contributed by atoms with van der Waals surface area (Å²) in [6.07, 6.45) is 2.08. The number of hydrogen-bond donors (Lipinski definition) is 1. The molecule has 0 heterocycles. The molecule has 0 radical (unpaired) electrons. The van der Waals surface area contributed by atoms with Crippen molar-refractivity contribution in [1.29, 1.82) is 5.26 Å². The quantitative estimate of drug-likeness (QED) is 0.471. The molecule has 1 rings (SSSR count). The number of nitrogens with zero attached hydrogens (tertiary/aromatic N) is 2. The van der Waals surface area contributed by atoms with Crippen molar-refractivity contribution in [2.24, 2.45) is 0 Å². The van der Waals surface area contributed by atoms with Gasteiger partial charge in [-0.05, 0) is 17.7 Å². The van der Waals surface area contributed by atoms with Crippen molar-refractivity contribution in [2.45, 2.75) is 0 Å². The molecule has 0 spiro atoms. The second-order valence-electron chi connectivity index (χ2n) is 2.82. The van der Waals surface area contributed by atoms with Crippen LogP contribution in [-0.4, -0.2) is 16.0 Å². The van der Waals surface area contributed by atoms with E-state index in [1.165, 1.54) is 18.2 Å². The third kappa shape index (κ3) is 2.65. The van der Waals surface area contributed by atoms with Crippen molar-refractivity contribution >= 4 is 17.7 Å². The van der Waals surface area contributed by atoms with Gasteiger partial charge in [-0.3, -0.25) is 10.1 Å². The van der Waals surface area contributed by atoms with Crippen molar-refractivity contribution in [2.75, 3.05) is 0 Å². The lowest BCUT2D eigenvalue weighted by Gasteiger charge is -1.96. The molecule has 0 unspecified atom stereocenters. The highest BCUT2D eigenvalue weighted by molar-refractivity contribution is 5.85. The van der Waals surface area contributed by atoms with Crippen molar-refractivity contribution in [3.63, 3.8) is 0 Å². The number of carbonyl (C=O) groups is 1. The summed E-state index contributed by atoms with van der Waals surface area (Å²) in [6.45, 7) is 0. The first kappa shape index (κ1) is 11.4. The van der Waals surface area contributed by atoms with Gasteiger partial charge < -0.3 is 5.11 Å². The zero-order valence-corrected chi connectivity index (χ0v) is 7.95. The van der Waals surface area contributed by atoms with Gasteiger partial charge in [-0.25, -0.2) is 4.79 Å². The number of nitro groups is 1. The topological polar surface area (TPSA) is 104 Å². The zero-order chi connectivity index (χ0) is 12.1. The van der Waals surface area contributed by atoms with Crippen LogP contribution in [0.1, 0.15) is 11.1 Å². The Kier molecular flexibility index (Phi) is 3.35. The molecule has 1 aromatic rings. The third-order valence-electron chi connectivity index (χ3n) is 1.76. The Bertz CT molecular complexity index is 514. The number of carboxylic acids is 1. The van der Waals surface area contributed by atoms with Crippen molar-refractivity contribution in [3.8, 4) is 6.07 Å². The molecule has 80 valence electrons. The Labute approximate surface area is 90.2 Å². The number of hydrogen-bond acceptors (Lipinski definition) is 4. The van der Waals surface area contributed by atoms with Gasteiger partial charge in [0.15, 0.2) is 0 Å². The van der Waals surface area contributed by atoms with Gasteiger partial charge >= 0.3 is 5.97 Å². The molecule has 0 aliphatic heterocycles. The Balaban J connectivity index is 3.18. The summed E-state index contributed by atoms with van der Waals surface area (Å²) in [4.78, 5) is 20.1. The van der Waals surface area contributed by atoms with E-state index in [4.69, 9.17) is 10.4 Å². The highest BCUT2D eigenvalue weighted by atomic mass is 16.6. The van der Waals surface area contributed by atoms with E-state index < -0.39 is 10.9 Å². The van der Waals surface area contributed by atoms with Crippen LogP contribution in [0.3, 0.4) is 0 Å². The smallest absolute Gasteiger partial charge is 0.328 e. The molecule has 0 aromatic heterocycles. The van der Waals surface area contributed by atoms with Crippen LogP contribution < -0.4 is 0 Å². The van der Waals surface area contributed by atoms with Gasteiger partial charge in [0.2, 0.25) is 0 Å². The van der Waals surface area contributed by atoms with Crippen LogP contribution in [0.5, 0.6) is 0 Å². The van der Waals surface area contributed by atoms with E-state index in [0.29, 0.717) is 5.56 Å². The first-order valence-electron chi connectivity index (χ1n) is 4.14. The van der Waals surface area contributed by atoms with Gasteiger partial charge in [0.25, 0.3) is 5.69 Å². The lowest BCUT2D eigenvalue weighted by molar-refractivity contribution is -0.385. The largest absolute Gasteiger partial charge is 0.478 e. The highest BCUT2D eigenvalue weighted by Crippen LogP contribution is 2.20. The first-order valence-corrected chi connectivity index (χ1v) is 4.14. The molecule has 1 N–H and O–H groups in total. The Morgan fingerprint density at radius 2 is 2.25 bits per heavy atom. The van der Waals surface area contributed by atoms with E-state index in [1.807, 2.05) is 0 Å². The summed E-state index contributed by atoms with van der Waals surface area (Å²) in [5.74, 6) is -1.15. The van der Waals surface area contributed by atoms with Crippen molar-refractivity contribution in [3.05, 3.63) is 45.5 Å². The normalized spacial score (nSPS) is 9.94. The molecule has 0 saturated carbocycles. The minimum absolute atomic E-state index is 0.0579. The molecule has 0 aliphatic carbocycles. The van der Waals surface area contributed by atoms with Crippen molar-refractivity contribution in [1.82, 2.24) is 0 Å². The summed E-state index contributed by atoms with van der Waals surface area (Å²) < 4.78 is 0. The fourth-order valence-corrected chi connectivity index (χ4v) is 1.07. The van der Waals surface area contributed by atoms with Crippen LogP contribution in [0.2, 0.25) is 0 Å². The van der Waals surface area contributed by atoms with E-state index in [2.05, 4.69) is 0 Å². The molecule has 6 nitrogen and oxygen atoms in total. The number of nitriles is 1. The fourth-order valence-electron chi connectivity index (χ4n) is 1.07. The van der Waals surface area contributed by atoms with Gasteiger partial charge in [0.1, 0.15) is 11.6 Å². The monoisotopic (exact) mass is 218 g/mol. The summed E-state index contributed by atoms with van der Waals surface area (Å²) >= 11 is 0. The highest BCUT2D eigenvalue weighted by Gasteiger charge is 2.13. The maximum absolute atomic E-state index is 10.6. The Hall–Kier alpha value is -2.68. The van der Waals surface area contributed by atoms with Crippen LogP contribution >= 0.6 is 0 Å². The second kappa shape index (κ2) is 4.70. The molecule has 1 aromatic carbocycles. The van der Waals surface area contributed by atoms with Gasteiger partial charge in [-0.2, -0.15) is 5.26 Å². The SMILES string of the molecule is N#Cc1ccc(C=CC(=O)O)cc1[N+](=O)[O-]. The van der Waals surface area contributed by atoms with Gasteiger partial charge in [-0.1, -0.05) is 6.07 Å². The third-order valence-corrected chi connectivity index (χ3v) is 1.76. The zero-order valence-electron chi connectivity index (χ0n) is 7.95. The summed E-state index contributed by atoms with van der Waals surface area (Å²) in [5.41, 5.74) is -0.0411. The van der Waals surface area contributed by atoms with Crippen LogP contribution in [0.4, 0.5) is 5.69 Å². The molecule has 0 amide bonds. The molecule has 0 aliphatic rings. The maximum atomic E-state index is 10.6. The van der Waals surface area contributed by atoms with E-state index in [0.717, 1.165) is 12.1 Å². The molecular formula is C10H6N2O4. The predicted octanol–water partition coefficient (Wildman–Crippen LogP) is 1.56. The Morgan fingerprint density at radius 1 is 1.56 bits per heavy atom. The molecule has 0 saturated heterocycles. The van der Waals surface area contributed by atoms with Crippen molar-refractivity contribution < 1.29 is 14.8 Å². The van der Waals surface area contributed by atoms with E-state index in [1.54, 1.807) is 6.07 Å². The number of benzene rings is 1. The summed E-state index contributed by atoms with van der Waals surface area (Å²) in [6, 6.07) is 5.55. The molecular weight excluding hydrogens is 212 g/mol. The van der Waals surface area contributed by atoms with E-state index in [9.17, 15) is 14.9 Å². The minimum atomic E-state index is -1.15. The predicted molar refractivity (Wildman–Crippen MR) is 54.5 cm³/mol. The van der Waals surface area contributed by atoms with E-state index in [-0.39, 0.29) is 11.3 Å². The molecule has 0 bridgehead atoms. The van der Waals surface area contributed by atoms with Crippen LogP contribution in [0.25, 0.3) is 6.08 Å². The number of carboxylic acid groups (broad SMARTS) is 1. The summed E-state index contributed by atoms with van der Waals surface area (Å²) in [7, 11) is 0. The average Bonchev–Trinajstić information content (AvgIpc) is 2.25. The van der Waals surface area contributed by atoms with E-state index >= 15 is 0 Å². The Morgan fingerprint density at radius 3 is 2.75 bits per heavy atom. The lowest BCUT2D eigenvalue weighted by atomic mass is 10.1. The molecule has 16 heavy (non-hydrogen) atoms. The first-order chi connectivity index (χ1) is 7.54. The van der Waals surface area contributed by atoms with Gasteiger partial charge in [0.05, 0.1) is 4.92 Å². The number of aliphatic carboxylic acids is 1. The minimum Gasteiger partial charge on any atom is -0.478 e. The van der Waals surface area contributed by atoms with Crippen LogP contribution in [-0.2, 0) is 4.79 Å². The number of nitro benzene ring substituents is 1. The number of rotatable bonds is 3. The fraction of sp³-hybridized carbons (Fsp3) is 0. The lowest BCUT2D eigenvalue weighted by Crippen LogP contribution is -1.93. The second-order valence-corrected chi connectivity index (χ2v) is 2.82. The molecule has 0 atom stereocenters. The summed E-state index contributed by atoms with van der Waals surface area (Å²) in [5, 5.41) is 27.6. The average molecular weight is 218 g/mol. The maximum Gasteiger partial charge on any atom is 0.328 e. The van der Waals surface area contributed by atoms with Gasteiger partial charge in [0, 0.05) is 12.1 Å². The van der Waals surface area contributed by atoms with Crippen LogP contribution in [0.15, 0.2) is 24.3 Å². The molecule has 6 heteroatoms. The standard InChI is InChI=1S/C10H6N2O4/c11-6-8-3-1-7(2-4-10(13)14)5-9(8)12(15)16/h1-5H,(H,13,14). The van der Waals surface area contributed by atoms with Gasteiger partial charge in [-0.15, -0.1) is 0 Å². The molecule has 0 fully saturated rings.